The number of halogens is 1. The van der Waals surface area contributed by atoms with Gasteiger partial charge < -0.3 is 5.32 Å². The molecule has 1 rings (SSSR count). The van der Waals surface area contributed by atoms with Crippen LogP contribution in [0.2, 0.25) is 0 Å². The van der Waals surface area contributed by atoms with Crippen LogP contribution in [0.3, 0.4) is 0 Å². The van der Waals surface area contributed by atoms with E-state index < -0.39 is 0 Å². The monoisotopic (exact) mass is 270 g/mol. The topological polar surface area (TPSA) is 42.0 Å². The maximum atomic E-state index is 11.6. The smallest absolute Gasteiger partial charge is 0.251 e. The largest absolute Gasteiger partial charge is 0.352 e. The van der Waals surface area contributed by atoms with Crippen LogP contribution >= 0.6 is 15.9 Å². The minimum absolute atomic E-state index is 0.0185. The molecule has 0 saturated carbocycles. The second-order valence-electron chi connectivity index (χ2n) is 3.34. The molecule has 1 amide bonds. The molecule has 82 valence electrons. The Hall–Kier alpha value is -0.900. The summed E-state index contributed by atoms with van der Waals surface area (Å²) in [7, 11) is 0. The molecular formula is C11H15BrN2O. The van der Waals surface area contributed by atoms with Gasteiger partial charge in [-0.05, 0) is 31.9 Å². The minimum atomic E-state index is -0.0185. The van der Waals surface area contributed by atoms with Crippen molar-refractivity contribution < 1.29 is 4.79 Å². The predicted molar refractivity (Wildman–Crippen MR) is 64.3 cm³/mol. The van der Waals surface area contributed by atoms with Gasteiger partial charge in [0, 0.05) is 29.3 Å². The highest BCUT2D eigenvalue weighted by atomic mass is 79.9. The molecule has 0 aromatic carbocycles. The fraction of sp³-hybridized carbons (Fsp3) is 0.455. The number of hydrogen-bond acceptors (Lipinski definition) is 2. The van der Waals surface area contributed by atoms with Crippen molar-refractivity contribution in [2.24, 2.45) is 0 Å². The molecule has 0 spiro atoms. The van der Waals surface area contributed by atoms with Gasteiger partial charge in [-0.1, -0.05) is 15.9 Å². The molecule has 4 heteroatoms. The van der Waals surface area contributed by atoms with Crippen molar-refractivity contribution >= 4 is 21.8 Å². The quantitative estimate of drug-likeness (QED) is 0.659. The maximum absolute atomic E-state index is 11.6. The van der Waals surface area contributed by atoms with Gasteiger partial charge in [-0.3, -0.25) is 9.78 Å². The van der Waals surface area contributed by atoms with Crippen molar-refractivity contribution in [3.63, 3.8) is 0 Å². The van der Waals surface area contributed by atoms with E-state index in [1.165, 1.54) is 0 Å². The third-order valence-electron chi connectivity index (χ3n) is 2.00. The summed E-state index contributed by atoms with van der Waals surface area (Å²) in [5, 5.41) is 3.86. The number of amides is 1. The second kappa shape index (κ2) is 6.56. The highest BCUT2D eigenvalue weighted by molar-refractivity contribution is 9.09. The lowest BCUT2D eigenvalue weighted by atomic mass is 10.2. The Morgan fingerprint density at radius 3 is 3.00 bits per heavy atom. The van der Waals surface area contributed by atoms with Gasteiger partial charge in [0.25, 0.3) is 5.91 Å². The zero-order chi connectivity index (χ0) is 11.1. The first-order chi connectivity index (χ1) is 7.24. The number of aryl methyl sites for hydroxylation is 1. The minimum Gasteiger partial charge on any atom is -0.352 e. The van der Waals surface area contributed by atoms with E-state index in [4.69, 9.17) is 0 Å². The van der Waals surface area contributed by atoms with Crippen LogP contribution in [0.4, 0.5) is 0 Å². The molecule has 0 bridgehead atoms. The number of nitrogens with one attached hydrogen (secondary N) is 1. The van der Waals surface area contributed by atoms with E-state index in [1.54, 1.807) is 18.3 Å². The summed E-state index contributed by atoms with van der Waals surface area (Å²) >= 11 is 3.35. The molecule has 0 atom stereocenters. The molecule has 0 saturated heterocycles. The number of nitrogens with zero attached hydrogens (tertiary/aromatic N) is 1. The number of unbranched alkanes of at least 4 members (excludes halogenated alkanes) is 1. The fourth-order valence-corrected chi connectivity index (χ4v) is 1.61. The Morgan fingerprint density at radius 2 is 2.33 bits per heavy atom. The predicted octanol–water partition coefficient (Wildman–Crippen LogP) is 2.29. The van der Waals surface area contributed by atoms with Gasteiger partial charge in [0.2, 0.25) is 0 Å². The first-order valence-electron chi connectivity index (χ1n) is 5.01. The Labute approximate surface area is 98.4 Å². The average Bonchev–Trinajstić information content (AvgIpc) is 2.24. The normalized spacial score (nSPS) is 10.0. The number of aromatic nitrogens is 1. The van der Waals surface area contributed by atoms with Crippen molar-refractivity contribution in [2.45, 2.75) is 19.8 Å². The van der Waals surface area contributed by atoms with Crippen molar-refractivity contribution in [1.82, 2.24) is 10.3 Å². The number of carbonyl (C=O) groups is 1. The van der Waals surface area contributed by atoms with Crippen LogP contribution in [-0.4, -0.2) is 22.8 Å². The molecule has 3 nitrogen and oxygen atoms in total. The molecule has 1 N–H and O–H groups in total. The van der Waals surface area contributed by atoms with Crippen LogP contribution in [0.1, 0.15) is 28.9 Å². The first-order valence-corrected chi connectivity index (χ1v) is 6.13. The van der Waals surface area contributed by atoms with E-state index >= 15 is 0 Å². The van der Waals surface area contributed by atoms with Gasteiger partial charge in [0.05, 0.1) is 0 Å². The summed E-state index contributed by atoms with van der Waals surface area (Å²) in [6, 6.07) is 3.52. The van der Waals surface area contributed by atoms with Gasteiger partial charge in [0.1, 0.15) is 0 Å². The van der Waals surface area contributed by atoms with E-state index in [2.05, 4.69) is 26.2 Å². The Bertz CT molecular complexity index is 328. The molecular weight excluding hydrogens is 256 g/mol. The van der Waals surface area contributed by atoms with Crippen molar-refractivity contribution in [3.05, 3.63) is 29.6 Å². The van der Waals surface area contributed by atoms with Gasteiger partial charge >= 0.3 is 0 Å². The summed E-state index contributed by atoms with van der Waals surface area (Å²) in [6.45, 7) is 2.60. The summed E-state index contributed by atoms with van der Waals surface area (Å²) in [4.78, 5) is 15.7. The molecule has 15 heavy (non-hydrogen) atoms. The van der Waals surface area contributed by atoms with Crippen molar-refractivity contribution in [3.8, 4) is 0 Å². The van der Waals surface area contributed by atoms with E-state index in [-0.39, 0.29) is 5.91 Å². The fourth-order valence-electron chi connectivity index (χ4n) is 1.21. The van der Waals surface area contributed by atoms with Crippen molar-refractivity contribution in [2.75, 3.05) is 11.9 Å². The molecule has 1 aromatic heterocycles. The highest BCUT2D eigenvalue weighted by Gasteiger charge is 2.04. The number of alkyl halides is 1. The van der Waals surface area contributed by atoms with E-state index in [0.29, 0.717) is 5.56 Å². The lowest BCUT2D eigenvalue weighted by molar-refractivity contribution is 0.0953. The molecule has 1 aromatic rings. The van der Waals surface area contributed by atoms with Gasteiger partial charge in [-0.25, -0.2) is 0 Å². The number of carbonyl (C=O) groups excluding carboxylic acids is 1. The zero-order valence-corrected chi connectivity index (χ0v) is 10.4. The van der Waals surface area contributed by atoms with Gasteiger partial charge in [0.15, 0.2) is 0 Å². The average molecular weight is 271 g/mol. The van der Waals surface area contributed by atoms with Crippen LogP contribution in [0.15, 0.2) is 18.3 Å². The van der Waals surface area contributed by atoms with E-state index in [1.807, 2.05) is 6.92 Å². The lowest BCUT2D eigenvalue weighted by Gasteiger charge is -2.04. The Kier molecular flexibility index (Phi) is 5.32. The van der Waals surface area contributed by atoms with Crippen LogP contribution in [-0.2, 0) is 0 Å². The Morgan fingerprint density at radius 1 is 1.53 bits per heavy atom. The standard InChI is InChI=1S/C11H15BrN2O/c1-9-8-10(4-7-13-9)11(15)14-6-3-2-5-12/h4,7-8H,2-3,5-6H2,1H3,(H,14,15). The van der Waals surface area contributed by atoms with Crippen LogP contribution < -0.4 is 5.32 Å². The van der Waals surface area contributed by atoms with Crippen LogP contribution in [0, 0.1) is 6.92 Å². The molecule has 0 aliphatic heterocycles. The summed E-state index contributed by atoms with van der Waals surface area (Å²) in [5.74, 6) is -0.0185. The van der Waals surface area contributed by atoms with Gasteiger partial charge in [-0.15, -0.1) is 0 Å². The van der Waals surface area contributed by atoms with Crippen LogP contribution in [0.25, 0.3) is 0 Å². The van der Waals surface area contributed by atoms with E-state index in [0.717, 1.165) is 30.4 Å². The van der Waals surface area contributed by atoms with Gasteiger partial charge in [-0.2, -0.15) is 0 Å². The lowest BCUT2D eigenvalue weighted by Crippen LogP contribution is -2.24. The second-order valence-corrected chi connectivity index (χ2v) is 4.13. The Balaban J connectivity index is 2.40. The summed E-state index contributed by atoms with van der Waals surface area (Å²) in [5.41, 5.74) is 1.55. The molecule has 0 aliphatic carbocycles. The molecule has 0 radical (unpaired) electrons. The molecule has 1 heterocycles. The first kappa shape index (κ1) is 12.2. The number of pyridine rings is 1. The van der Waals surface area contributed by atoms with Crippen LogP contribution in [0.5, 0.6) is 0 Å². The molecule has 0 aliphatic rings. The SMILES string of the molecule is Cc1cc(C(=O)NCCCCBr)ccn1. The summed E-state index contributed by atoms with van der Waals surface area (Å²) in [6.07, 6.45) is 3.74. The molecule has 0 fully saturated rings. The highest BCUT2D eigenvalue weighted by Crippen LogP contribution is 2.00. The van der Waals surface area contributed by atoms with Crippen molar-refractivity contribution in [1.29, 1.82) is 0 Å². The third-order valence-corrected chi connectivity index (χ3v) is 2.57. The molecule has 0 unspecified atom stereocenters. The summed E-state index contributed by atoms with van der Waals surface area (Å²) < 4.78 is 0. The maximum Gasteiger partial charge on any atom is 0.251 e. The van der Waals surface area contributed by atoms with E-state index in [9.17, 15) is 4.79 Å². The zero-order valence-electron chi connectivity index (χ0n) is 8.79. The number of hydrogen-bond donors (Lipinski definition) is 1. The third kappa shape index (κ3) is 4.42. The number of rotatable bonds is 5.